The Hall–Kier alpha value is -1.37. The Bertz CT molecular complexity index is 270. The molecule has 0 bridgehead atoms. The molecular formula is C7H10N4. The van der Waals surface area contributed by atoms with Crippen LogP contribution in [0.5, 0.6) is 0 Å². The summed E-state index contributed by atoms with van der Waals surface area (Å²) in [5.41, 5.74) is 0.745. The largest absolute Gasteiger partial charge is 0.253 e. The smallest absolute Gasteiger partial charge is 0.0995 e. The molecule has 1 atom stereocenters. The molecule has 0 aromatic carbocycles. The van der Waals surface area contributed by atoms with Gasteiger partial charge in [-0.2, -0.15) is 5.26 Å². The van der Waals surface area contributed by atoms with Crippen molar-refractivity contribution in [2.75, 3.05) is 0 Å². The van der Waals surface area contributed by atoms with Crippen molar-refractivity contribution in [1.29, 1.82) is 5.26 Å². The molecule has 0 aliphatic carbocycles. The van der Waals surface area contributed by atoms with E-state index in [1.54, 1.807) is 10.9 Å². The zero-order chi connectivity index (χ0) is 8.27. The number of hydrogen-bond acceptors (Lipinski definition) is 3. The molecule has 0 amide bonds. The van der Waals surface area contributed by atoms with Crippen LogP contribution in [0, 0.1) is 11.3 Å². The van der Waals surface area contributed by atoms with E-state index in [1.807, 2.05) is 13.8 Å². The van der Waals surface area contributed by atoms with E-state index < -0.39 is 0 Å². The van der Waals surface area contributed by atoms with Crippen LogP contribution < -0.4 is 0 Å². The summed E-state index contributed by atoms with van der Waals surface area (Å²) in [4.78, 5) is 0. The van der Waals surface area contributed by atoms with Gasteiger partial charge < -0.3 is 0 Å². The standard InChI is InChI=1S/C7H10N4/c1-3-11-5-7(9-10-11)6(2)4-8/h5-6H,3H2,1-2H3. The van der Waals surface area contributed by atoms with E-state index in [4.69, 9.17) is 5.26 Å². The van der Waals surface area contributed by atoms with Gasteiger partial charge in [-0.1, -0.05) is 5.21 Å². The second-order valence-corrected chi connectivity index (χ2v) is 2.35. The normalized spacial score (nSPS) is 12.5. The molecule has 0 aliphatic heterocycles. The van der Waals surface area contributed by atoms with Crippen molar-refractivity contribution in [2.24, 2.45) is 0 Å². The fourth-order valence-electron chi connectivity index (χ4n) is 0.732. The van der Waals surface area contributed by atoms with E-state index >= 15 is 0 Å². The molecule has 58 valence electrons. The third-order valence-corrected chi connectivity index (χ3v) is 1.52. The third-order valence-electron chi connectivity index (χ3n) is 1.52. The average molecular weight is 150 g/mol. The summed E-state index contributed by atoms with van der Waals surface area (Å²) in [5, 5.41) is 16.2. The van der Waals surface area contributed by atoms with E-state index in [0.29, 0.717) is 0 Å². The van der Waals surface area contributed by atoms with E-state index in [2.05, 4.69) is 16.4 Å². The van der Waals surface area contributed by atoms with Crippen LogP contribution in [-0.2, 0) is 6.54 Å². The van der Waals surface area contributed by atoms with Crippen LogP contribution in [0.25, 0.3) is 0 Å². The Morgan fingerprint density at radius 1 is 1.82 bits per heavy atom. The van der Waals surface area contributed by atoms with Crippen LogP contribution >= 0.6 is 0 Å². The van der Waals surface area contributed by atoms with Gasteiger partial charge >= 0.3 is 0 Å². The Morgan fingerprint density at radius 3 is 3.00 bits per heavy atom. The van der Waals surface area contributed by atoms with Gasteiger partial charge in [0, 0.05) is 12.7 Å². The molecule has 1 heterocycles. The van der Waals surface area contributed by atoms with E-state index in [0.717, 1.165) is 12.2 Å². The zero-order valence-electron chi connectivity index (χ0n) is 6.65. The highest BCUT2D eigenvalue weighted by Crippen LogP contribution is 2.08. The van der Waals surface area contributed by atoms with Gasteiger partial charge in [0.05, 0.1) is 17.7 Å². The first-order valence-electron chi connectivity index (χ1n) is 3.57. The van der Waals surface area contributed by atoms with Crippen LogP contribution in [0.2, 0.25) is 0 Å². The van der Waals surface area contributed by atoms with E-state index in [1.165, 1.54) is 0 Å². The van der Waals surface area contributed by atoms with Crippen LogP contribution in [-0.4, -0.2) is 15.0 Å². The first-order valence-corrected chi connectivity index (χ1v) is 3.57. The summed E-state index contributed by atoms with van der Waals surface area (Å²) in [6.45, 7) is 4.59. The lowest BCUT2D eigenvalue weighted by Crippen LogP contribution is -1.93. The number of aryl methyl sites for hydroxylation is 1. The molecule has 1 rings (SSSR count). The maximum Gasteiger partial charge on any atom is 0.0995 e. The molecule has 0 spiro atoms. The van der Waals surface area contributed by atoms with Gasteiger partial charge in [-0.25, -0.2) is 0 Å². The fourth-order valence-corrected chi connectivity index (χ4v) is 0.732. The number of hydrogen-bond donors (Lipinski definition) is 0. The van der Waals surface area contributed by atoms with Crippen molar-refractivity contribution >= 4 is 0 Å². The Morgan fingerprint density at radius 2 is 2.55 bits per heavy atom. The molecule has 4 heteroatoms. The molecule has 0 radical (unpaired) electrons. The molecule has 1 unspecified atom stereocenters. The minimum absolute atomic E-state index is 0.157. The van der Waals surface area contributed by atoms with Crippen molar-refractivity contribution in [2.45, 2.75) is 26.3 Å². The summed E-state index contributed by atoms with van der Waals surface area (Å²) >= 11 is 0. The predicted octanol–water partition coefficient (Wildman–Crippen LogP) is 0.925. The van der Waals surface area contributed by atoms with Crippen LogP contribution in [0.15, 0.2) is 6.20 Å². The van der Waals surface area contributed by atoms with Gasteiger partial charge in [-0.15, -0.1) is 5.10 Å². The van der Waals surface area contributed by atoms with Gasteiger partial charge in [0.15, 0.2) is 0 Å². The number of aromatic nitrogens is 3. The number of rotatable bonds is 2. The molecular weight excluding hydrogens is 140 g/mol. The molecule has 0 saturated carbocycles. The van der Waals surface area contributed by atoms with Crippen molar-refractivity contribution in [3.8, 4) is 6.07 Å². The first-order chi connectivity index (χ1) is 5.27. The monoisotopic (exact) mass is 150 g/mol. The quantitative estimate of drug-likeness (QED) is 0.630. The van der Waals surface area contributed by atoms with Crippen molar-refractivity contribution in [3.63, 3.8) is 0 Å². The molecule has 1 aromatic rings. The molecule has 0 N–H and O–H groups in total. The highest BCUT2D eigenvalue weighted by Gasteiger charge is 2.07. The minimum Gasteiger partial charge on any atom is -0.253 e. The van der Waals surface area contributed by atoms with Gasteiger partial charge in [0.1, 0.15) is 0 Å². The highest BCUT2D eigenvalue weighted by molar-refractivity contribution is 5.09. The Kier molecular flexibility index (Phi) is 2.21. The summed E-state index contributed by atoms with van der Waals surface area (Å²) < 4.78 is 1.71. The van der Waals surface area contributed by atoms with Crippen molar-refractivity contribution in [1.82, 2.24) is 15.0 Å². The molecule has 11 heavy (non-hydrogen) atoms. The van der Waals surface area contributed by atoms with Gasteiger partial charge in [-0.05, 0) is 13.8 Å². The van der Waals surface area contributed by atoms with Gasteiger partial charge in [-0.3, -0.25) is 4.68 Å². The molecule has 0 saturated heterocycles. The Balaban J connectivity index is 2.82. The molecule has 1 aromatic heterocycles. The molecule has 0 fully saturated rings. The minimum atomic E-state index is -0.157. The fraction of sp³-hybridized carbons (Fsp3) is 0.571. The molecule has 4 nitrogen and oxygen atoms in total. The van der Waals surface area contributed by atoms with E-state index in [-0.39, 0.29) is 5.92 Å². The van der Waals surface area contributed by atoms with Crippen molar-refractivity contribution < 1.29 is 0 Å². The maximum atomic E-state index is 8.54. The van der Waals surface area contributed by atoms with Crippen LogP contribution in [0.4, 0.5) is 0 Å². The summed E-state index contributed by atoms with van der Waals surface area (Å²) in [5.74, 6) is -0.157. The molecule has 0 aliphatic rings. The van der Waals surface area contributed by atoms with E-state index in [9.17, 15) is 0 Å². The Labute approximate surface area is 65.4 Å². The summed E-state index contributed by atoms with van der Waals surface area (Å²) in [7, 11) is 0. The maximum absolute atomic E-state index is 8.54. The summed E-state index contributed by atoms with van der Waals surface area (Å²) in [6, 6.07) is 2.10. The number of nitrogens with zero attached hydrogens (tertiary/aromatic N) is 4. The van der Waals surface area contributed by atoms with Crippen LogP contribution in [0.3, 0.4) is 0 Å². The zero-order valence-corrected chi connectivity index (χ0v) is 6.65. The lowest BCUT2D eigenvalue weighted by atomic mass is 10.1. The average Bonchev–Trinajstić information content (AvgIpc) is 2.50. The summed E-state index contributed by atoms with van der Waals surface area (Å²) in [6.07, 6.45) is 1.80. The SMILES string of the molecule is CCn1cc(C(C)C#N)nn1. The third kappa shape index (κ3) is 1.55. The van der Waals surface area contributed by atoms with Crippen molar-refractivity contribution in [3.05, 3.63) is 11.9 Å². The van der Waals surface area contributed by atoms with Crippen LogP contribution in [0.1, 0.15) is 25.5 Å². The first kappa shape index (κ1) is 7.73. The lowest BCUT2D eigenvalue weighted by molar-refractivity contribution is 0.626. The number of nitriles is 1. The second kappa shape index (κ2) is 3.15. The predicted molar refractivity (Wildman–Crippen MR) is 39.7 cm³/mol. The topological polar surface area (TPSA) is 54.5 Å². The lowest BCUT2D eigenvalue weighted by Gasteiger charge is -1.91. The van der Waals surface area contributed by atoms with Gasteiger partial charge in [0.25, 0.3) is 0 Å². The highest BCUT2D eigenvalue weighted by atomic mass is 15.4. The van der Waals surface area contributed by atoms with Gasteiger partial charge in [0.2, 0.25) is 0 Å². The second-order valence-electron chi connectivity index (χ2n) is 2.35.